The van der Waals surface area contributed by atoms with E-state index in [1.165, 1.54) is 6.07 Å². The lowest BCUT2D eigenvalue weighted by molar-refractivity contribution is -0.719. The monoisotopic (exact) mass is 345 g/mol. The molecule has 2 atom stereocenters. The molecule has 1 saturated heterocycles. The van der Waals surface area contributed by atoms with Gasteiger partial charge in [0.05, 0.1) is 0 Å². The van der Waals surface area contributed by atoms with Gasteiger partial charge in [0, 0.05) is 24.2 Å². The number of nitrogens with zero attached hydrogens (tertiary/aromatic N) is 1. The second kappa shape index (κ2) is 7.74. The minimum Gasteiger partial charge on any atom is -0.337 e. The summed E-state index contributed by atoms with van der Waals surface area (Å²) >= 11 is 0. The fourth-order valence-electron chi connectivity index (χ4n) is 3.33. The minimum atomic E-state index is -0.861. The van der Waals surface area contributed by atoms with E-state index in [0.29, 0.717) is 5.56 Å². The Morgan fingerprint density at radius 1 is 1.00 bits per heavy atom. The number of hydrogen-bond donors (Lipinski definition) is 1. The summed E-state index contributed by atoms with van der Waals surface area (Å²) in [6.07, 6.45) is 2.07. The number of likely N-dealkylation sites (tertiary alicyclic amines) is 1. The molecular formula is C20H23F2N2O+. The summed E-state index contributed by atoms with van der Waals surface area (Å²) in [6, 6.07) is 13.0. The van der Waals surface area contributed by atoms with E-state index in [1.54, 1.807) is 6.07 Å². The summed E-state index contributed by atoms with van der Waals surface area (Å²) in [5, 5.41) is 1.93. The van der Waals surface area contributed by atoms with Gasteiger partial charge in [-0.15, -0.1) is 0 Å². The summed E-state index contributed by atoms with van der Waals surface area (Å²) in [4.78, 5) is 14.9. The summed E-state index contributed by atoms with van der Waals surface area (Å²) < 4.78 is 26.7. The van der Waals surface area contributed by atoms with Gasteiger partial charge in [0.25, 0.3) is 5.91 Å². The van der Waals surface area contributed by atoms with Crippen molar-refractivity contribution in [3.05, 3.63) is 71.3 Å². The van der Waals surface area contributed by atoms with Gasteiger partial charge in [-0.1, -0.05) is 30.3 Å². The van der Waals surface area contributed by atoms with Gasteiger partial charge < -0.3 is 10.2 Å². The number of benzene rings is 2. The van der Waals surface area contributed by atoms with Crippen molar-refractivity contribution in [1.29, 1.82) is 0 Å². The van der Waals surface area contributed by atoms with Crippen molar-refractivity contribution in [2.75, 3.05) is 13.1 Å². The van der Waals surface area contributed by atoms with Crippen LogP contribution in [0.15, 0.2) is 48.5 Å². The van der Waals surface area contributed by atoms with E-state index in [1.807, 2.05) is 47.5 Å². The number of nitrogens with two attached hydrogens (primary N) is 1. The first kappa shape index (κ1) is 17.5. The van der Waals surface area contributed by atoms with Gasteiger partial charge in [-0.2, -0.15) is 0 Å². The van der Waals surface area contributed by atoms with Gasteiger partial charge in [-0.05, 0) is 38.0 Å². The number of amides is 1. The van der Waals surface area contributed by atoms with Crippen LogP contribution >= 0.6 is 0 Å². The zero-order chi connectivity index (χ0) is 17.8. The molecule has 3 rings (SSSR count). The molecule has 2 aromatic rings. The van der Waals surface area contributed by atoms with E-state index >= 15 is 0 Å². The number of rotatable bonds is 5. The minimum absolute atomic E-state index is 0.0816. The molecule has 5 heteroatoms. The molecule has 1 fully saturated rings. The molecule has 1 aliphatic heterocycles. The van der Waals surface area contributed by atoms with Crippen molar-refractivity contribution in [2.24, 2.45) is 0 Å². The Morgan fingerprint density at radius 2 is 1.68 bits per heavy atom. The van der Waals surface area contributed by atoms with Crippen LogP contribution in [0.3, 0.4) is 0 Å². The number of quaternary nitrogens is 1. The van der Waals surface area contributed by atoms with Gasteiger partial charge >= 0.3 is 0 Å². The van der Waals surface area contributed by atoms with Gasteiger partial charge in [0.1, 0.15) is 6.04 Å². The van der Waals surface area contributed by atoms with Crippen LogP contribution in [0.25, 0.3) is 0 Å². The van der Waals surface area contributed by atoms with Crippen LogP contribution in [0.5, 0.6) is 0 Å². The van der Waals surface area contributed by atoms with E-state index in [4.69, 9.17) is 0 Å². The Kier molecular flexibility index (Phi) is 5.43. The molecule has 0 spiro atoms. The molecule has 3 nitrogen and oxygen atoms in total. The van der Waals surface area contributed by atoms with E-state index in [9.17, 15) is 13.6 Å². The molecule has 25 heavy (non-hydrogen) atoms. The third-order valence-electron chi connectivity index (χ3n) is 4.79. The van der Waals surface area contributed by atoms with Crippen molar-refractivity contribution < 1.29 is 18.9 Å². The Morgan fingerprint density at radius 3 is 2.32 bits per heavy atom. The van der Waals surface area contributed by atoms with Crippen molar-refractivity contribution in [3.8, 4) is 0 Å². The second-order valence-corrected chi connectivity index (χ2v) is 6.58. The molecule has 0 saturated carbocycles. The van der Waals surface area contributed by atoms with Crippen molar-refractivity contribution in [1.82, 2.24) is 4.90 Å². The second-order valence-electron chi connectivity index (χ2n) is 6.58. The van der Waals surface area contributed by atoms with Crippen molar-refractivity contribution >= 4 is 5.91 Å². The lowest BCUT2D eigenvalue weighted by atomic mass is 10.0. The van der Waals surface area contributed by atoms with Gasteiger partial charge in [-0.3, -0.25) is 4.79 Å². The maximum Gasteiger partial charge on any atom is 0.285 e. The first-order chi connectivity index (χ1) is 12.1. The Hall–Kier alpha value is -2.27. The Balaban J connectivity index is 1.83. The third-order valence-corrected chi connectivity index (χ3v) is 4.79. The highest BCUT2D eigenvalue weighted by Crippen LogP contribution is 2.19. The van der Waals surface area contributed by atoms with Crippen molar-refractivity contribution in [3.63, 3.8) is 0 Å². The van der Waals surface area contributed by atoms with Crippen LogP contribution in [0.1, 0.15) is 43.0 Å². The molecule has 0 bridgehead atoms. The molecule has 1 heterocycles. The fraction of sp³-hybridized carbons (Fsp3) is 0.350. The molecule has 2 N–H and O–H groups in total. The van der Waals surface area contributed by atoms with Crippen LogP contribution in [0.4, 0.5) is 8.78 Å². The summed E-state index contributed by atoms with van der Waals surface area (Å²) in [5.74, 6) is -1.64. The molecule has 1 aliphatic rings. The normalized spacial score (nSPS) is 16.7. The first-order valence-corrected chi connectivity index (χ1v) is 8.70. The molecule has 0 aromatic heterocycles. The standard InChI is InChI=1S/C20H22F2N2O/c1-14(16-9-10-17(21)18(22)13-16)23-19(15-7-3-2-4-8-15)20(25)24-11-5-6-12-24/h2-4,7-10,13-14,19,23H,5-6,11-12H2,1H3/p+1/t14-,19+/m1/s1. The number of carbonyl (C=O) groups excluding carboxylic acids is 1. The quantitative estimate of drug-likeness (QED) is 0.889. The van der Waals surface area contributed by atoms with E-state index < -0.39 is 11.6 Å². The van der Waals surface area contributed by atoms with Crippen LogP contribution in [-0.2, 0) is 4.79 Å². The fourth-order valence-corrected chi connectivity index (χ4v) is 3.33. The number of carbonyl (C=O) groups is 1. The third kappa shape index (κ3) is 4.04. The predicted octanol–water partition coefficient (Wildman–Crippen LogP) is 2.95. The van der Waals surface area contributed by atoms with Crippen LogP contribution in [-0.4, -0.2) is 23.9 Å². The molecule has 1 amide bonds. The number of hydrogen-bond acceptors (Lipinski definition) is 1. The average Bonchev–Trinajstić information content (AvgIpc) is 3.16. The summed E-state index contributed by atoms with van der Waals surface area (Å²) in [6.45, 7) is 3.48. The van der Waals surface area contributed by atoms with Gasteiger partial charge in [-0.25, -0.2) is 8.78 Å². The first-order valence-electron chi connectivity index (χ1n) is 8.70. The van der Waals surface area contributed by atoms with Gasteiger partial charge in [0.15, 0.2) is 17.7 Å². The maximum atomic E-state index is 13.5. The van der Waals surface area contributed by atoms with Crippen LogP contribution in [0, 0.1) is 11.6 Å². The lowest BCUT2D eigenvalue weighted by Crippen LogP contribution is -2.88. The van der Waals surface area contributed by atoms with Crippen LogP contribution in [0.2, 0.25) is 0 Å². The predicted molar refractivity (Wildman–Crippen MR) is 91.7 cm³/mol. The van der Waals surface area contributed by atoms with Crippen molar-refractivity contribution in [2.45, 2.75) is 31.8 Å². The van der Waals surface area contributed by atoms with E-state index in [2.05, 4.69) is 0 Å². The largest absolute Gasteiger partial charge is 0.337 e. The molecular weight excluding hydrogens is 322 g/mol. The molecule has 132 valence electrons. The SMILES string of the molecule is C[C@@H]([NH2+][C@H](C(=O)N1CCCC1)c1ccccc1)c1ccc(F)c(F)c1. The lowest BCUT2D eigenvalue weighted by Gasteiger charge is -2.24. The highest BCUT2D eigenvalue weighted by atomic mass is 19.2. The summed E-state index contributed by atoms with van der Waals surface area (Å²) in [5.41, 5.74) is 1.59. The smallest absolute Gasteiger partial charge is 0.285 e. The Labute approximate surface area is 146 Å². The Bertz CT molecular complexity index is 730. The maximum absolute atomic E-state index is 13.5. The molecule has 2 aromatic carbocycles. The zero-order valence-corrected chi connectivity index (χ0v) is 14.3. The highest BCUT2D eigenvalue weighted by molar-refractivity contribution is 5.82. The zero-order valence-electron chi connectivity index (χ0n) is 14.3. The average molecular weight is 345 g/mol. The summed E-state index contributed by atoms with van der Waals surface area (Å²) in [7, 11) is 0. The molecule has 0 radical (unpaired) electrons. The highest BCUT2D eigenvalue weighted by Gasteiger charge is 2.32. The van der Waals surface area contributed by atoms with E-state index in [0.717, 1.165) is 37.6 Å². The topological polar surface area (TPSA) is 36.9 Å². The number of halogens is 2. The van der Waals surface area contributed by atoms with E-state index in [-0.39, 0.29) is 18.0 Å². The van der Waals surface area contributed by atoms with Gasteiger partial charge in [0.2, 0.25) is 0 Å². The van der Waals surface area contributed by atoms with Crippen LogP contribution < -0.4 is 5.32 Å². The molecule has 0 unspecified atom stereocenters. The molecule has 0 aliphatic carbocycles.